The van der Waals surface area contributed by atoms with Gasteiger partial charge in [0, 0.05) is 6.08 Å². The van der Waals surface area contributed by atoms with E-state index < -0.39 is 51.0 Å². The molecule has 0 aliphatic carbocycles. The topological polar surface area (TPSA) is 75.3 Å². The van der Waals surface area contributed by atoms with Gasteiger partial charge in [-0.05, 0) is 72.4 Å². The van der Waals surface area contributed by atoms with Crippen LogP contribution in [0.3, 0.4) is 0 Å². The lowest BCUT2D eigenvalue weighted by molar-refractivity contribution is -0.137. The molecule has 2 aromatic rings. The molecule has 0 heterocycles. The predicted octanol–water partition coefficient (Wildman–Crippen LogP) is 5.37. The minimum absolute atomic E-state index is 0.0498. The lowest BCUT2D eigenvalue weighted by atomic mass is 9.94. The first-order valence-corrected chi connectivity index (χ1v) is 12.2. The van der Waals surface area contributed by atoms with E-state index in [0.717, 1.165) is 36.6 Å². The van der Waals surface area contributed by atoms with Crippen LogP contribution >= 0.6 is 0 Å². The Morgan fingerprint density at radius 2 is 1.53 bits per heavy atom. The van der Waals surface area contributed by atoms with Crippen LogP contribution in [0, 0.1) is 11.6 Å². The Bertz CT molecular complexity index is 1160. The van der Waals surface area contributed by atoms with Crippen LogP contribution in [0.2, 0.25) is 0 Å². The SMILES string of the molecule is CCc1cc(C(F)(F)F)cc(CC)c1C=CC(=O)N[C@H](C)c1cc(F)c(NS(C)(=O)=O)c(F)c1. The molecule has 0 bridgehead atoms. The Hall–Kier alpha value is -2.95. The maximum Gasteiger partial charge on any atom is 0.416 e. The molecule has 2 N–H and O–H groups in total. The number of rotatable bonds is 8. The summed E-state index contributed by atoms with van der Waals surface area (Å²) in [6.45, 7) is 4.89. The lowest BCUT2D eigenvalue weighted by Gasteiger charge is -2.16. The molecule has 0 aromatic heterocycles. The fourth-order valence-electron chi connectivity index (χ4n) is 3.37. The summed E-state index contributed by atoms with van der Waals surface area (Å²) in [5.74, 6) is -2.93. The Morgan fingerprint density at radius 1 is 1.03 bits per heavy atom. The molecule has 2 rings (SSSR count). The number of hydrogen-bond acceptors (Lipinski definition) is 3. The van der Waals surface area contributed by atoms with Crippen LogP contribution in [0.15, 0.2) is 30.3 Å². The zero-order valence-electron chi connectivity index (χ0n) is 19.0. The number of sulfonamides is 1. The van der Waals surface area contributed by atoms with Crippen molar-refractivity contribution < 1.29 is 35.2 Å². The van der Waals surface area contributed by atoms with Crippen molar-refractivity contribution in [3.63, 3.8) is 0 Å². The summed E-state index contributed by atoms with van der Waals surface area (Å²) in [4.78, 5) is 12.4. The number of carbonyl (C=O) groups is 1. The van der Waals surface area contributed by atoms with E-state index in [1.165, 1.54) is 13.0 Å². The third-order valence-electron chi connectivity index (χ3n) is 5.05. The third kappa shape index (κ3) is 7.02. The number of carbonyl (C=O) groups excluding carboxylic acids is 1. The van der Waals surface area contributed by atoms with Gasteiger partial charge >= 0.3 is 6.18 Å². The Labute approximate surface area is 195 Å². The van der Waals surface area contributed by atoms with E-state index in [2.05, 4.69) is 5.32 Å². The predicted molar refractivity (Wildman–Crippen MR) is 121 cm³/mol. The molecule has 2 aromatic carbocycles. The number of aryl methyl sites for hydroxylation is 2. The van der Waals surface area contributed by atoms with Gasteiger partial charge in [0.1, 0.15) is 5.69 Å². The minimum atomic E-state index is -4.49. The monoisotopic (exact) mass is 504 g/mol. The van der Waals surface area contributed by atoms with Crippen molar-refractivity contribution in [2.45, 2.75) is 45.8 Å². The lowest BCUT2D eigenvalue weighted by Crippen LogP contribution is -2.25. The molecule has 1 atom stereocenters. The van der Waals surface area contributed by atoms with Crippen molar-refractivity contribution in [2.24, 2.45) is 0 Å². The number of anilines is 1. The Morgan fingerprint density at radius 3 is 1.94 bits per heavy atom. The molecule has 0 radical (unpaired) electrons. The smallest absolute Gasteiger partial charge is 0.346 e. The van der Waals surface area contributed by atoms with Gasteiger partial charge in [0.05, 0.1) is 17.9 Å². The van der Waals surface area contributed by atoms with Gasteiger partial charge in [0.2, 0.25) is 15.9 Å². The van der Waals surface area contributed by atoms with E-state index in [-0.39, 0.29) is 5.56 Å². The van der Waals surface area contributed by atoms with Gasteiger partial charge in [-0.25, -0.2) is 17.2 Å². The van der Waals surface area contributed by atoms with Gasteiger partial charge < -0.3 is 5.32 Å². The number of alkyl halides is 3. The van der Waals surface area contributed by atoms with Gasteiger partial charge in [0.25, 0.3) is 0 Å². The second kappa shape index (κ2) is 10.5. The minimum Gasteiger partial charge on any atom is -0.346 e. The molecule has 0 fully saturated rings. The molecule has 0 saturated heterocycles. The summed E-state index contributed by atoms with van der Waals surface area (Å²) in [6, 6.07) is 3.04. The van der Waals surface area contributed by atoms with Crippen molar-refractivity contribution in [3.05, 3.63) is 69.8 Å². The molecule has 0 saturated carbocycles. The maximum atomic E-state index is 14.2. The van der Waals surface area contributed by atoms with E-state index in [9.17, 15) is 35.2 Å². The molecular formula is C23H25F5N2O3S. The van der Waals surface area contributed by atoms with E-state index in [4.69, 9.17) is 0 Å². The first kappa shape index (κ1) is 27.3. The molecule has 0 unspecified atom stereocenters. The van der Waals surface area contributed by atoms with E-state index in [0.29, 0.717) is 29.5 Å². The standard InChI is InChI=1S/C23H25F5N2O3S/c1-5-14-9-17(23(26,27)28)10-15(6-2)18(14)7-8-21(31)29-13(3)16-11-19(24)22(20(25)12-16)30-34(4,32)33/h7-13,30H,5-6H2,1-4H3,(H,29,31)/t13-/m1/s1. The van der Waals surface area contributed by atoms with Crippen molar-refractivity contribution >= 4 is 27.7 Å². The van der Waals surface area contributed by atoms with Crippen LogP contribution in [0.4, 0.5) is 27.6 Å². The Kier molecular flexibility index (Phi) is 8.46. The highest BCUT2D eigenvalue weighted by atomic mass is 32.2. The summed E-state index contributed by atoms with van der Waals surface area (Å²) in [5.41, 5.74) is -0.160. The zero-order valence-corrected chi connectivity index (χ0v) is 19.8. The highest BCUT2D eigenvalue weighted by Crippen LogP contribution is 2.33. The number of nitrogens with one attached hydrogen (secondary N) is 2. The Balaban J connectivity index is 2.25. The van der Waals surface area contributed by atoms with Crippen molar-refractivity contribution in [2.75, 3.05) is 11.0 Å². The summed E-state index contributed by atoms with van der Waals surface area (Å²) in [7, 11) is -3.90. The average molecular weight is 505 g/mol. The summed E-state index contributed by atoms with van der Waals surface area (Å²) in [6.07, 6.45) is -0.536. The van der Waals surface area contributed by atoms with Gasteiger partial charge in [0.15, 0.2) is 11.6 Å². The van der Waals surface area contributed by atoms with Crippen LogP contribution in [0.1, 0.15) is 54.6 Å². The summed E-state index contributed by atoms with van der Waals surface area (Å²) in [5, 5.41) is 2.52. The second-order valence-corrected chi connectivity index (χ2v) is 9.46. The molecular weight excluding hydrogens is 479 g/mol. The molecule has 0 spiro atoms. The fraction of sp³-hybridized carbons (Fsp3) is 0.348. The van der Waals surface area contributed by atoms with Gasteiger partial charge in [-0.15, -0.1) is 0 Å². The van der Waals surface area contributed by atoms with Gasteiger partial charge in [-0.3, -0.25) is 9.52 Å². The first-order valence-electron chi connectivity index (χ1n) is 10.3. The van der Waals surface area contributed by atoms with E-state index in [1.807, 2.05) is 0 Å². The molecule has 11 heteroatoms. The zero-order chi connectivity index (χ0) is 25.8. The largest absolute Gasteiger partial charge is 0.416 e. The first-order chi connectivity index (χ1) is 15.7. The van der Waals surface area contributed by atoms with Crippen LogP contribution in [-0.2, 0) is 33.8 Å². The molecule has 186 valence electrons. The number of benzene rings is 2. The van der Waals surface area contributed by atoms with Gasteiger partial charge in [-0.2, -0.15) is 13.2 Å². The quantitative estimate of drug-likeness (QED) is 0.375. The maximum absolute atomic E-state index is 14.2. The van der Waals surface area contributed by atoms with Crippen LogP contribution in [-0.4, -0.2) is 20.6 Å². The molecule has 0 aliphatic heterocycles. The molecule has 5 nitrogen and oxygen atoms in total. The summed E-state index contributed by atoms with van der Waals surface area (Å²) >= 11 is 0. The van der Waals surface area contributed by atoms with Crippen molar-refractivity contribution in [3.8, 4) is 0 Å². The number of hydrogen-bond donors (Lipinski definition) is 2. The normalized spacial score (nSPS) is 13.2. The van der Waals surface area contributed by atoms with Crippen LogP contribution in [0.5, 0.6) is 0 Å². The summed E-state index contributed by atoms with van der Waals surface area (Å²) < 4.78 is 92.2. The van der Waals surface area contributed by atoms with Crippen molar-refractivity contribution in [1.82, 2.24) is 5.32 Å². The highest BCUT2D eigenvalue weighted by Gasteiger charge is 2.31. The second-order valence-electron chi connectivity index (χ2n) is 7.71. The number of halogens is 5. The van der Waals surface area contributed by atoms with E-state index >= 15 is 0 Å². The fourth-order valence-corrected chi connectivity index (χ4v) is 3.94. The molecule has 0 aliphatic rings. The number of amides is 1. The van der Waals surface area contributed by atoms with Crippen molar-refractivity contribution in [1.29, 1.82) is 0 Å². The highest BCUT2D eigenvalue weighted by molar-refractivity contribution is 7.92. The molecule has 1 amide bonds. The van der Waals surface area contributed by atoms with E-state index in [1.54, 1.807) is 18.6 Å². The van der Waals surface area contributed by atoms with Crippen LogP contribution in [0.25, 0.3) is 6.08 Å². The van der Waals surface area contributed by atoms with Crippen LogP contribution < -0.4 is 10.0 Å². The molecule has 34 heavy (non-hydrogen) atoms. The third-order valence-corrected chi connectivity index (χ3v) is 5.63. The average Bonchev–Trinajstić information content (AvgIpc) is 2.72. The van der Waals surface area contributed by atoms with Gasteiger partial charge in [-0.1, -0.05) is 13.8 Å².